The van der Waals surface area contributed by atoms with Crippen molar-refractivity contribution in [3.8, 4) is 5.75 Å². The minimum Gasteiger partial charge on any atom is -0.491 e. The lowest BCUT2D eigenvalue weighted by Crippen LogP contribution is -2.07. The molecule has 1 aromatic carbocycles. The van der Waals surface area contributed by atoms with Gasteiger partial charge in [0.1, 0.15) is 12.4 Å². The predicted octanol–water partition coefficient (Wildman–Crippen LogP) is 3.75. The summed E-state index contributed by atoms with van der Waals surface area (Å²) in [7, 11) is 1.64. The Morgan fingerprint density at radius 3 is 2.76 bits per heavy atom. The van der Waals surface area contributed by atoms with E-state index in [0.29, 0.717) is 32.7 Å². The molecular weight excluding hydrogens is 336 g/mol. The van der Waals surface area contributed by atoms with E-state index in [9.17, 15) is 4.79 Å². The van der Waals surface area contributed by atoms with Crippen molar-refractivity contribution in [3.63, 3.8) is 0 Å². The average molecular weight is 359 g/mol. The normalized spacial score (nSPS) is 10.4. The standard InChI is InChI=1S/C16H23BrO4/c1-3-4-9-21-16(18)8-5-13-12-14(6-7-15(13)17)20-11-10-19-2/h6-7,12H,3-5,8-11H2,1-2H3. The molecule has 0 unspecified atom stereocenters. The molecular formula is C16H23BrO4. The van der Waals surface area contributed by atoms with Gasteiger partial charge < -0.3 is 14.2 Å². The van der Waals surface area contributed by atoms with E-state index in [4.69, 9.17) is 14.2 Å². The molecule has 1 rings (SSSR count). The number of halogens is 1. The monoisotopic (exact) mass is 358 g/mol. The second-order valence-corrected chi connectivity index (χ2v) is 5.52. The molecule has 0 aliphatic rings. The van der Waals surface area contributed by atoms with Gasteiger partial charge in [-0.15, -0.1) is 0 Å². The van der Waals surface area contributed by atoms with Gasteiger partial charge in [-0.2, -0.15) is 0 Å². The summed E-state index contributed by atoms with van der Waals surface area (Å²) < 4.78 is 16.6. The summed E-state index contributed by atoms with van der Waals surface area (Å²) in [5.41, 5.74) is 1.04. The Kier molecular flexibility index (Phi) is 9.10. The van der Waals surface area contributed by atoms with Crippen LogP contribution in [-0.2, 0) is 20.7 Å². The number of hydrogen-bond donors (Lipinski definition) is 0. The van der Waals surface area contributed by atoms with Crippen LogP contribution in [0.25, 0.3) is 0 Å². The zero-order valence-corrected chi connectivity index (χ0v) is 14.3. The van der Waals surface area contributed by atoms with Crippen LogP contribution < -0.4 is 4.74 Å². The number of carbonyl (C=O) groups is 1. The molecule has 0 atom stereocenters. The van der Waals surface area contributed by atoms with E-state index in [2.05, 4.69) is 22.9 Å². The SMILES string of the molecule is CCCCOC(=O)CCc1cc(OCCOC)ccc1Br. The van der Waals surface area contributed by atoms with Gasteiger partial charge in [-0.05, 0) is 36.6 Å². The van der Waals surface area contributed by atoms with Crippen LogP contribution in [0.4, 0.5) is 0 Å². The van der Waals surface area contributed by atoms with Crippen molar-refractivity contribution in [2.75, 3.05) is 26.9 Å². The highest BCUT2D eigenvalue weighted by atomic mass is 79.9. The molecule has 0 N–H and O–H groups in total. The van der Waals surface area contributed by atoms with Crippen LogP contribution in [0.2, 0.25) is 0 Å². The lowest BCUT2D eigenvalue weighted by molar-refractivity contribution is -0.143. The van der Waals surface area contributed by atoms with E-state index in [0.717, 1.165) is 28.6 Å². The van der Waals surface area contributed by atoms with Gasteiger partial charge in [0.2, 0.25) is 0 Å². The lowest BCUT2D eigenvalue weighted by Gasteiger charge is -2.10. The molecule has 0 aliphatic carbocycles. The van der Waals surface area contributed by atoms with Gasteiger partial charge in [0.05, 0.1) is 13.2 Å². The quantitative estimate of drug-likeness (QED) is 0.472. The van der Waals surface area contributed by atoms with E-state index in [1.54, 1.807) is 7.11 Å². The first-order chi connectivity index (χ1) is 10.2. The number of hydrogen-bond acceptors (Lipinski definition) is 4. The van der Waals surface area contributed by atoms with Crippen LogP contribution in [0, 0.1) is 0 Å². The summed E-state index contributed by atoms with van der Waals surface area (Å²) in [6.07, 6.45) is 2.95. The summed E-state index contributed by atoms with van der Waals surface area (Å²) in [4.78, 5) is 11.6. The number of benzene rings is 1. The van der Waals surface area contributed by atoms with Crippen LogP contribution in [0.5, 0.6) is 5.75 Å². The number of ether oxygens (including phenoxy) is 3. The fourth-order valence-corrected chi connectivity index (χ4v) is 2.16. The van der Waals surface area contributed by atoms with Crippen LogP contribution in [-0.4, -0.2) is 32.9 Å². The molecule has 4 nitrogen and oxygen atoms in total. The van der Waals surface area contributed by atoms with Crippen molar-refractivity contribution >= 4 is 21.9 Å². The molecule has 0 aliphatic heterocycles. The van der Waals surface area contributed by atoms with Crippen LogP contribution >= 0.6 is 15.9 Å². The Morgan fingerprint density at radius 2 is 2.05 bits per heavy atom. The number of aryl methyl sites for hydroxylation is 1. The Bertz CT molecular complexity index is 434. The lowest BCUT2D eigenvalue weighted by atomic mass is 10.1. The first-order valence-corrected chi connectivity index (χ1v) is 8.02. The fraction of sp³-hybridized carbons (Fsp3) is 0.562. The van der Waals surface area contributed by atoms with Crippen molar-refractivity contribution in [1.82, 2.24) is 0 Å². The molecule has 0 heterocycles. The second kappa shape index (κ2) is 10.6. The van der Waals surface area contributed by atoms with Gasteiger partial charge in [-0.1, -0.05) is 29.3 Å². The number of rotatable bonds is 10. The number of unbranched alkanes of at least 4 members (excludes halogenated alkanes) is 1. The third kappa shape index (κ3) is 7.48. The van der Waals surface area contributed by atoms with E-state index >= 15 is 0 Å². The Labute approximate surface area is 134 Å². The zero-order valence-electron chi connectivity index (χ0n) is 12.7. The topological polar surface area (TPSA) is 44.8 Å². The molecule has 0 spiro atoms. The summed E-state index contributed by atoms with van der Waals surface area (Å²) in [5.74, 6) is 0.630. The molecule has 0 fully saturated rings. The van der Waals surface area contributed by atoms with Crippen LogP contribution in [0.3, 0.4) is 0 Å². The number of esters is 1. The van der Waals surface area contributed by atoms with Gasteiger partial charge in [0.15, 0.2) is 0 Å². The molecule has 0 aromatic heterocycles. The first kappa shape index (κ1) is 18.0. The first-order valence-electron chi connectivity index (χ1n) is 7.23. The maximum Gasteiger partial charge on any atom is 0.306 e. The third-order valence-corrected chi connectivity index (χ3v) is 3.71. The maximum atomic E-state index is 11.6. The van der Waals surface area contributed by atoms with Crippen molar-refractivity contribution in [1.29, 1.82) is 0 Å². The van der Waals surface area contributed by atoms with Gasteiger partial charge in [-0.3, -0.25) is 4.79 Å². The van der Waals surface area contributed by atoms with Gasteiger partial charge in [0, 0.05) is 18.0 Å². The average Bonchev–Trinajstić information content (AvgIpc) is 2.48. The molecule has 1 aromatic rings. The number of methoxy groups -OCH3 is 1. The molecule has 0 saturated heterocycles. The molecule has 0 bridgehead atoms. The van der Waals surface area contributed by atoms with E-state index in [-0.39, 0.29) is 5.97 Å². The second-order valence-electron chi connectivity index (χ2n) is 4.67. The molecule has 21 heavy (non-hydrogen) atoms. The molecule has 0 saturated carbocycles. The Hall–Kier alpha value is -1.07. The van der Waals surface area contributed by atoms with E-state index < -0.39 is 0 Å². The Morgan fingerprint density at radius 1 is 1.24 bits per heavy atom. The van der Waals surface area contributed by atoms with E-state index in [1.807, 2.05) is 18.2 Å². The minimum atomic E-state index is -0.152. The van der Waals surface area contributed by atoms with Gasteiger partial charge in [0.25, 0.3) is 0 Å². The Balaban J connectivity index is 2.45. The predicted molar refractivity (Wildman–Crippen MR) is 85.7 cm³/mol. The molecule has 0 amide bonds. The minimum absolute atomic E-state index is 0.152. The fourth-order valence-electron chi connectivity index (χ4n) is 1.71. The molecule has 118 valence electrons. The summed E-state index contributed by atoms with van der Waals surface area (Å²) in [6, 6.07) is 5.77. The third-order valence-electron chi connectivity index (χ3n) is 2.93. The van der Waals surface area contributed by atoms with Crippen molar-refractivity contribution in [3.05, 3.63) is 28.2 Å². The highest BCUT2D eigenvalue weighted by Gasteiger charge is 2.07. The van der Waals surface area contributed by atoms with E-state index in [1.165, 1.54) is 0 Å². The van der Waals surface area contributed by atoms with Crippen molar-refractivity contribution in [2.24, 2.45) is 0 Å². The highest BCUT2D eigenvalue weighted by molar-refractivity contribution is 9.10. The van der Waals surface area contributed by atoms with Crippen molar-refractivity contribution in [2.45, 2.75) is 32.6 Å². The van der Waals surface area contributed by atoms with Crippen LogP contribution in [0.15, 0.2) is 22.7 Å². The summed E-state index contributed by atoms with van der Waals surface area (Å²) in [6.45, 7) is 3.64. The largest absolute Gasteiger partial charge is 0.491 e. The highest BCUT2D eigenvalue weighted by Crippen LogP contribution is 2.24. The zero-order chi connectivity index (χ0) is 15.5. The van der Waals surface area contributed by atoms with Gasteiger partial charge in [-0.25, -0.2) is 0 Å². The molecule has 0 radical (unpaired) electrons. The maximum absolute atomic E-state index is 11.6. The van der Waals surface area contributed by atoms with Crippen LogP contribution in [0.1, 0.15) is 31.7 Å². The summed E-state index contributed by atoms with van der Waals surface area (Å²) in [5, 5.41) is 0. The number of carbonyl (C=O) groups excluding carboxylic acids is 1. The van der Waals surface area contributed by atoms with Crippen molar-refractivity contribution < 1.29 is 19.0 Å². The summed E-state index contributed by atoms with van der Waals surface area (Å²) >= 11 is 3.49. The van der Waals surface area contributed by atoms with Gasteiger partial charge >= 0.3 is 5.97 Å². The smallest absolute Gasteiger partial charge is 0.306 e. The molecule has 5 heteroatoms.